The van der Waals surface area contributed by atoms with Gasteiger partial charge >= 0.3 is 12.1 Å². The number of alkyl carbamates (subject to hydrolysis) is 1. The molecule has 0 aliphatic rings. The van der Waals surface area contributed by atoms with Gasteiger partial charge in [0.1, 0.15) is 23.1 Å². The van der Waals surface area contributed by atoms with Crippen molar-refractivity contribution in [3.63, 3.8) is 0 Å². The molecule has 0 aliphatic heterocycles. The first-order chi connectivity index (χ1) is 24.4. The number of imidazole rings is 1. The lowest BCUT2D eigenvalue weighted by Gasteiger charge is -2.42. The molecule has 292 valence electrons. The van der Waals surface area contributed by atoms with E-state index >= 15 is 4.39 Å². The Balaban J connectivity index is 2.22. The SMILES string of the molecule is CC(C)(C)OC(=O)NCC(CO[Si](C)(C)C(C)(C)C)CN(C(=O)CCC(=O)O)[C@@H](c1nc(-c2cc(F)ccc2F)cn1Cc1ccccc1)C(C)(C)C. The Morgan fingerprint density at radius 1 is 0.962 bits per heavy atom. The van der Waals surface area contributed by atoms with Crippen LogP contribution in [0.2, 0.25) is 18.1 Å². The van der Waals surface area contributed by atoms with Crippen molar-refractivity contribution in [2.24, 2.45) is 11.3 Å². The number of carbonyl (C=O) groups is 3. The van der Waals surface area contributed by atoms with Gasteiger partial charge in [-0.3, -0.25) is 9.59 Å². The molecule has 1 heterocycles. The second-order valence-electron chi connectivity index (χ2n) is 17.3. The van der Waals surface area contributed by atoms with E-state index in [0.29, 0.717) is 12.4 Å². The van der Waals surface area contributed by atoms with E-state index in [1.54, 1.807) is 31.9 Å². The number of carboxylic acid groups (broad SMARTS) is 1. The summed E-state index contributed by atoms with van der Waals surface area (Å²) in [5, 5.41) is 12.3. The van der Waals surface area contributed by atoms with Gasteiger partial charge in [0.25, 0.3) is 0 Å². The van der Waals surface area contributed by atoms with Crippen molar-refractivity contribution in [3.8, 4) is 11.3 Å². The van der Waals surface area contributed by atoms with Gasteiger partial charge in [-0.2, -0.15) is 0 Å². The molecule has 2 amide bonds. The van der Waals surface area contributed by atoms with Crippen LogP contribution in [-0.4, -0.2) is 71.1 Å². The van der Waals surface area contributed by atoms with E-state index in [4.69, 9.17) is 14.1 Å². The molecule has 2 atom stereocenters. The lowest BCUT2D eigenvalue weighted by atomic mass is 9.84. The van der Waals surface area contributed by atoms with Crippen LogP contribution in [0.15, 0.2) is 54.7 Å². The van der Waals surface area contributed by atoms with Gasteiger partial charge in [0, 0.05) is 50.3 Å². The Bertz CT molecular complexity index is 1710. The van der Waals surface area contributed by atoms with E-state index < -0.39 is 67.3 Å². The molecule has 10 nitrogen and oxygen atoms in total. The number of amides is 2. The fourth-order valence-electron chi connectivity index (χ4n) is 5.62. The minimum atomic E-state index is -2.30. The minimum absolute atomic E-state index is 0.0308. The minimum Gasteiger partial charge on any atom is -0.481 e. The number of hydrogen-bond acceptors (Lipinski definition) is 6. The van der Waals surface area contributed by atoms with Crippen molar-refractivity contribution in [1.82, 2.24) is 19.8 Å². The Morgan fingerprint density at radius 3 is 2.17 bits per heavy atom. The van der Waals surface area contributed by atoms with Crippen molar-refractivity contribution >= 4 is 26.3 Å². The molecule has 0 saturated heterocycles. The van der Waals surface area contributed by atoms with Gasteiger partial charge in [-0.05, 0) is 68.1 Å². The van der Waals surface area contributed by atoms with Crippen LogP contribution in [0.25, 0.3) is 11.3 Å². The number of nitrogens with one attached hydrogen (secondary N) is 1. The molecule has 0 radical (unpaired) electrons. The third kappa shape index (κ3) is 12.8. The van der Waals surface area contributed by atoms with Gasteiger partial charge < -0.3 is 29.1 Å². The van der Waals surface area contributed by atoms with E-state index in [1.165, 1.54) is 0 Å². The quantitative estimate of drug-likeness (QED) is 0.149. The number of carboxylic acids is 1. The van der Waals surface area contributed by atoms with Crippen LogP contribution in [0.4, 0.5) is 13.6 Å². The third-order valence-corrected chi connectivity index (χ3v) is 13.8. The fraction of sp³-hybridized carbons (Fsp3) is 0.550. The van der Waals surface area contributed by atoms with Gasteiger partial charge in [-0.15, -0.1) is 0 Å². The standard InChI is InChI=1S/C40H58F2N4O6Si/c1-38(2,3)35(36-44-32(30-21-29(41)17-18-31(30)42)25-45(36)23-27-15-13-12-14-16-27)46(33(47)19-20-34(48)49)24-28(22-43-37(50)52-39(4,5)6)26-51-53(10,11)40(7,8)9/h12-18,21,25,28,35H,19-20,22-24,26H2,1-11H3,(H,43,50)(H,48,49)/t28?,35-/m0/s1. The maximum atomic E-state index is 15.2. The molecule has 1 unspecified atom stereocenters. The van der Waals surface area contributed by atoms with Crippen molar-refractivity contribution < 1.29 is 37.4 Å². The van der Waals surface area contributed by atoms with Crippen molar-refractivity contribution in [2.75, 3.05) is 19.7 Å². The average molecular weight is 757 g/mol. The van der Waals surface area contributed by atoms with Crippen molar-refractivity contribution in [3.05, 3.63) is 77.8 Å². The van der Waals surface area contributed by atoms with Crippen molar-refractivity contribution in [2.45, 2.75) is 111 Å². The van der Waals surface area contributed by atoms with Gasteiger partial charge in [0.05, 0.1) is 18.2 Å². The lowest BCUT2D eigenvalue weighted by Crippen LogP contribution is -2.49. The first-order valence-corrected chi connectivity index (χ1v) is 21.0. The highest BCUT2D eigenvalue weighted by molar-refractivity contribution is 6.74. The van der Waals surface area contributed by atoms with Crippen LogP contribution in [-0.2, 0) is 25.3 Å². The van der Waals surface area contributed by atoms with Crippen LogP contribution in [0.3, 0.4) is 0 Å². The molecule has 53 heavy (non-hydrogen) atoms. The predicted octanol–water partition coefficient (Wildman–Crippen LogP) is 8.82. The van der Waals surface area contributed by atoms with E-state index in [1.807, 2.05) is 55.7 Å². The third-order valence-electron chi connectivity index (χ3n) is 9.33. The number of hydrogen-bond donors (Lipinski definition) is 2. The highest BCUT2D eigenvalue weighted by atomic mass is 28.4. The molecule has 0 saturated carbocycles. The summed E-state index contributed by atoms with van der Waals surface area (Å²) in [5.74, 6) is -2.87. The Hall–Kier alpha value is -4.10. The molecule has 0 aliphatic carbocycles. The first kappa shape index (κ1) is 43.3. The summed E-state index contributed by atoms with van der Waals surface area (Å²) >= 11 is 0. The van der Waals surface area contributed by atoms with Crippen LogP contribution < -0.4 is 5.32 Å². The number of aliphatic carboxylic acids is 1. The van der Waals surface area contributed by atoms with Gasteiger partial charge in [0.15, 0.2) is 8.32 Å². The maximum Gasteiger partial charge on any atom is 0.407 e. The molecule has 0 spiro atoms. The smallest absolute Gasteiger partial charge is 0.407 e. The second-order valence-corrected chi connectivity index (χ2v) is 22.1. The van der Waals surface area contributed by atoms with Crippen LogP contribution in [0.1, 0.15) is 92.6 Å². The predicted molar refractivity (Wildman–Crippen MR) is 205 cm³/mol. The van der Waals surface area contributed by atoms with Crippen LogP contribution in [0.5, 0.6) is 0 Å². The maximum absolute atomic E-state index is 15.2. The van der Waals surface area contributed by atoms with E-state index in [-0.39, 0.29) is 42.4 Å². The zero-order valence-electron chi connectivity index (χ0n) is 33.2. The number of ether oxygens (including phenoxy) is 1. The topological polar surface area (TPSA) is 123 Å². The monoisotopic (exact) mass is 756 g/mol. The molecule has 3 aromatic rings. The normalized spacial score (nSPS) is 13.7. The number of carbonyl (C=O) groups excluding carboxylic acids is 2. The highest BCUT2D eigenvalue weighted by Gasteiger charge is 2.41. The van der Waals surface area contributed by atoms with Gasteiger partial charge in [-0.25, -0.2) is 18.6 Å². The first-order valence-electron chi connectivity index (χ1n) is 18.1. The molecular weight excluding hydrogens is 699 g/mol. The molecule has 3 rings (SSSR count). The van der Waals surface area contributed by atoms with Gasteiger partial charge in [0.2, 0.25) is 5.91 Å². The van der Waals surface area contributed by atoms with E-state index in [2.05, 4.69) is 39.2 Å². The summed E-state index contributed by atoms with van der Waals surface area (Å²) in [6, 6.07) is 12.0. The highest BCUT2D eigenvalue weighted by Crippen LogP contribution is 2.41. The molecule has 2 aromatic carbocycles. The number of halogens is 2. The second kappa shape index (κ2) is 17.4. The number of benzene rings is 2. The molecule has 0 bridgehead atoms. The molecular formula is C40H58F2N4O6Si. The lowest BCUT2D eigenvalue weighted by molar-refractivity contribution is -0.143. The Kier molecular flexibility index (Phi) is 14.2. The Labute approximate surface area is 314 Å². The van der Waals surface area contributed by atoms with Gasteiger partial charge in [-0.1, -0.05) is 71.9 Å². The molecule has 0 fully saturated rings. The van der Waals surface area contributed by atoms with Crippen molar-refractivity contribution in [1.29, 1.82) is 0 Å². The van der Waals surface area contributed by atoms with Crippen LogP contribution >= 0.6 is 0 Å². The zero-order chi connectivity index (χ0) is 39.9. The zero-order valence-corrected chi connectivity index (χ0v) is 34.2. The number of rotatable bonds is 15. The van der Waals surface area contributed by atoms with E-state index in [9.17, 15) is 23.9 Å². The molecule has 2 N–H and O–H groups in total. The Morgan fingerprint density at radius 2 is 1.60 bits per heavy atom. The summed E-state index contributed by atoms with van der Waals surface area (Å²) in [5.41, 5.74) is -0.376. The number of aromatic nitrogens is 2. The summed E-state index contributed by atoms with van der Waals surface area (Å²) in [6.45, 7) is 22.4. The fourth-order valence-corrected chi connectivity index (χ4v) is 6.71. The van der Waals surface area contributed by atoms with E-state index in [0.717, 1.165) is 23.8 Å². The molecule has 13 heteroatoms. The average Bonchev–Trinajstić information content (AvgIpc) is 3.42. The summed E-state index contributed by atoms with van der Waals surface area (Å²) in [7, 11) is -2.30. The summed E-state index contributed by atoms with van der Waals surface area (Å²) < 4.78 is 43.7. The number of nitrogens with zero attached hydrogens (tertiary/aromatic N) is 3. The largest absolute Gasteiger partial charge is 0.481 e. The summed E-state index contributed by atoms with van der Waals surface area (Å²) in [4.78, 5) is 45.5. The summed E-state index contributed by atoms with van der Waals surface area (Å²) in [6.07, 6.45) is 0.348. The van der Waals surface area contributed by atoms with Crippen LogP contribution in [0, 0.1) is 23.0 Å². The molecule has 1 aromatic heterocycles.